The van der Waals surface area contributed by atoms with Crippen LogP contribution in [0.5, 0.6) is 0 Å². The van der Waals surface area contributed by atoms with Crippen molar-refractivity contribution in [1.82, 2.24) is 9.21 Å². The van der Waals surface area contributed by atoms with E-state index in [1.807, 2.05) is 6.07 Å². The lowest BCUT2D eigenvalue weighted by molar-refractivity contribution is -0.00473. The van der Waals surface area contributed by atoms with Crippen molar-refractivity contribution in [3.05, 3.63) is 65.2 Å². The summed E-state index contributed by atoms with van der Waals surface area (Å²) in [4.78, 5) is 2.48. The lowest BCUT2D eigenvalue weighted by atomic mass is 9.77. The van der Waals surface area contributed by atoms with Crippen LogP contribution in [0.2, 0.25) is 0 Å². The van der Waals surface area contributed by atoms with E-state index in [9.17, 15) is 17.2 Å². The Hall–Kier alpha value is -2.71. The van der Waals surface area contributed by atoms with Gasteiger partial charge < -0.3 is 10.1 Å². The summed E-state index contributed by atoms with van der Waals surface area (Å²) in [5.74, 6) is -1.13. The molecule has 36 heavy (non-hydrogen) atoms. The molecule has 0 radical (unpaired) electrons. The van der Waals surface area contributed by atoms with Crippen LogP contribution in [-0.4, -0.2) is 62.2 Å². The quantitative estimate of drug-likeness (QED) is 0.668. The van der Waals surface area contributed by atoms with Gasteiger partial charge in [0.15, 0.2) is 0 Å². The Balaban J connectivity index is 1.18. The highest BCUT2D eigenvalue weighted by molar-refractivity contribution is 7.89. The third-order valence-electron chi connectivity index (χ3n) is 7.87. The van der Waals surface area contributed by atoms with Crippen molar-refractivity contribution in [2.45, 2.75) is 42.7 Å². The molecule has 10 heteroatoms. The van der Waals surface area contributed by atoms with Crippen LogP contribution in [0.15, 0.2) is 47.4 Å². The molecule has 5 rings (SSSR count). The number of likely N-dealkylation sites (tertiary alicyclic amines) is 1. The number of nitrogens with one attached hydrogen (secondary N) is 1. The zero-order valence-electron chi connectivity index (χ0n) is 19.8. The topological polar surface area (TPSA) is 97.5 Å². The van der Waals surface area contributed by atoms with Gasteiger partial charge in [0.25, 0.3) is 0 Å². The van der Waals surface area contributed by atoms with Crippen molar-refractivity contribution in [3.63, 3.8) is 0 Å². The predicted molar refractivity (Wildman–Crippen MR) is 129 cm³/mol. The van der Waals surface area contributed by atoms with Crippen LogP contribution < -0.4 is 0 Å². The summed E-state index contributed by atoms with van der Waals surface area (Å²) in [5.41, 5.74) is 0.639. The zero-order chi connectivity index (χ0) is 25.5. The molecule has 2 aromatic carbocycles. The maximum absolute atomic E-state index is 14.2. The molecule has 3 heterocycles. The molecular weight excluding hydrogens is 486 g/mol. The Kier molecular flexibility index (Phi) is 6.68. The number of ether oxygens (including phenoxy) is 1. The molecule has 1 spiro atoms. The highest BCUT2D eigenvalue weighted by Gasteiger charge is 2.46. The Morgan fingerprint density at radius 1 is 1.06 bits per heavy atom. The maximum Gasteiger partial charge on any atom is 0.243 e. The number of halogens is 2. The monoisotopic (exact) mass is 514 g/mol. The molecule has 190 valence electrons. The minimum Gasteiger partial charge on any atom is -0.366 e. The summed E-state index contributed by atoms with van der Waals surface area (Å²) in [5, 5.41) is 17.4. The molecule has 0 amide bonds. The van der Waals surface area contributed by atoms with Crippen LogP contribution in [0, 0.1) is 33.8 Å². The van der Waals surface area contributed by atoms with E-state index in [-0.39, 0.29) is 27.6 Å². The molecule has 2 aromatic rings. The molecule has 2 atom stereocenters. The van der Waals surface area contributed by atoms with Crippen molar-refractivity contribution in [3.8, 4) is 6.07 Å². The molecule has 0 aliphatic carbocycles. The fraction of sp³-hybridized carbons (Fsp3) is 0.462. The van der Waals surface area contributed by atoms with Gasteiger partial charge in [0, 0.05) is 36.8 Å². The van der Waals surface area contributed by atoms with E-state index in [1.165, 1.54) is 24.3 Å². The highest BCUT2D eigenvalue weighted by Crippen LogP contribution is 2.43. The molecular formula is C26H28F2N4O3S. The summed E-state index contributed by atoms with van der Waals surface area (Å²) >= 11 is 0. The minimum atomic E-state index is -3.61. The molecule has 0 saturated carbocycles. The Bertz CT molecular complexity index is 1300. The summed E-state index contributed by atoms with van der Waals surface area (Å²) in [6, 6.07) is 11.2. The second-order valence-electron chi connectivity index (χ2n) is 10.0. The number of benzene rings is 2. The summed E-state index contributed by atoms with van der Waals surface area (Å²) in [7, 11) is -3.61. The van der Waals surface area contributed by atoms with Crippen LogP contribution in [0.3, 0.4) is 0 Å². The van der Waals surface area contributed by atoms with Crippen molar-refractivity contribution >= 4 is 15.7 Å². The van der Waals surface area contributed by atoms with Crippen LogP contribution in [0.4, 0.5) is 8.78 Å². The Labute approximate surface area is 209 Å². The van der Waals surface area contributed by atoms with Gasteiger partial charge in [0.1, 0.15) is 17.7 Å². The third kappa shape index (κ3) is 4.68. The number of sulfonamides is 1. The van der Waals surface area contributed by atoms with Gasteiger partial charge >= 0.3 is 0 Å². The van der Waals surface area contributed by atoms with Gasteiger partial charge in [-0.1, -0.05) is 0 Å². The molecule has 0 unspecified atom stereocenters. The fourth-order valence-corrected chi connectivity index (χ4v) is 7.23. The second kappa shape index (κ2) is 9.63. The van der Waals surface area contributed by atoms with E-state index in [0.29, 0.717) is 31.7 Å². The van der Waals surface area contributed by atoms with Gasteiger partial charge in [-0.15, -0.1) is 0 Å². The maximum atomic E-state index is 14.2. The average molecular weight is 515 g/mol. The van der Waals surface area contributed by atoms with Crippen LogP contribution in [0.1, 0.15) is 42.9 Å². The number of rotatable bonds is 4. The predicted octanol–water partition coefficient (Wildman–Crippen LogP) is 3.86. The summed E-state index contributed by atoms with van der Waals surface area (Å²) in [6.45, 7) is 2.81. The average Bonchev–Trinajstić information content (AvgIpc) is 3.30. The first kappa shape index (κ1) is 25.0. The fourth-order valence-electron chi connectivity index (χ4n) is 5.68. The number of nitriles is 1. The lowest BCUT2D eigenvalue weighted by Crippen LogP contribution is -2.50. The first-order chi connectivity index (χ1) is 17.2. The van der Waals surface area contributed by atoms with E-state index in [1.54, 1.807) is 4.31 Å². The SMILES string of the molecule is N#Cc1ccc(S(=O)(=O)N2CCC3(CCN([C@H]4CO[C@H](c5cc(F)ccc5F)C(=N)C4)CC3)C2)cc1. The van der Waals surface area contributed by atoms with E-state index >= 15 is 0 Å². The van der Waals surface area contributed by atoms with E-state index in [0.717, 1.165) is 50.6 Å². The van der Waals surface area contributed by atoms with Crippen molar-refractivity contribution in [2.75, 3.05) is 32.8 Å². The number of nitrogens with zero attached hydrogens (tertiary/aromatic N) is 3. The van der Waals surface area contributed by atoms with E-state index in [2.05, 4.69) is 4.90 Å². The summed E-state index contributed by atoms with van der Waals surface area (Å²) < 4.78 is 61.5. The number of hydrogen-bond acceptors (Lipinski definition) is 6. The molecule has 3 aliphatic rings. The van der Waals surface area contributed by atoms with E-state index in [4.69, 9.17) is 15.4 Å². The van der Waals surface area contributed by atoms with Crippen molar-refractivity contribution in [1.29, 1.82) is 10.7 Å². The molecule has 7 nitrogen and oxygen atoms in total. The number of piperidine rings is 1. The number of hydrogen-bond donors (Lipinski definition) is 1. The Morgan fingerprint density at radius 3 is 2.42 bits per heavy atom. The smallest absolute Gasteiger partial charge is 0.243 e. The molecule has 1 N–H and O–H groups in total. The van der Waals surface area contributed by atoms with Gasteiger partial charge in [-0.2, -0.15) is 9.57 Å². The molecule has 0 aromatic heterocycles. The molecule has 3 aliphatic heterocycles. The highest BCUT2D eigenvalue weighted by atomic mass is 32.2. The van der Waals surface area contributed by atoms with Crippen LogP contribution in [0.25, 0.3) is 0 Å². The van der Waals surface area contributed by atoms with Crippen molar-refractivity contribution in [2.24, 2.45) is 5.41 Å². The van der Waals surface area contributed by atoms with Gasteiger partial charge in [-0.3, -0.25) is 4.90 Å². The van der Waals surface area contributed by atoms with E-state index < -0.39 is 27.8 Å². The molecule has 3 saturated heterocycles. The third-order valence-corrected chi connectivity index (χ3v) is 9.73. The lowest BCUT2D eigenvalue weighted by Gasteiger charge is -2.44. The minimum absolute atomic E-state index is 0.0115. The first-order valence-electron chi connectivity index (χ1n) is 12.1. The van der Waals surface area contributed by atoms with Crippen molar-refractivity contribution < 1.29 is 21.9 Å². The van der Waals surface area contributed by atoms with Gasteiger partial charge in [0.05, 0.1) is 23.1 Å². The second-order valence-corrected chi connectivity index (χ2v) is 12.0. The molecule has 0 bridgehead atoms. The van der Waals surface area contributed by atoms with Crippen LogP contribution in [-0.2, 0) is 14.8 Å². The largest absolute Gasteiger partial charge is 0.366 e. The Morgan fingerprint density at radius 2 is 1.75 bits per heavy atom. The first-order valence-corrected chi connectivity index (χ1v) is 13.5. The van der Waals surface area contributed by atoms with Gasteiger partial charge in [-0.25, -0.2) is 17.2 Å². The standard InChI is InChI=1S/C26H28F2N4O3S/c27-19-3-6-23(28)22(13-19)25-24(30)14-20(16-35-25)31-10-7-26(8-11-31)9-12-32(17-26)36(33,34)21-4-1-18(15-29)2-5-21/h1-6,13,20,25,30H,7-12,14,16-17H2/t20-,25-/m1/s1. The normalized spacial score (nSPS) is 25.2. The zero-order valence-corrected chi connectivity index (χ0v) is 20.6. The van der Waals surface area contributed by atoms with Gasteiger partial charge in [-0.05, 0) is 80.2 Å². The van der Waals surface area contributed by atoms with Crippen LogP contribution >= 0.6 is 0 Å². The van der Waals surface area contributed by atoms with Gasteiger partial charge in [0.2, 0.25) is 10.0 Å². The summed E-state index contributed by atoms with van der Waals surface area (Å²) in [6.07, 6.45) is 2.04. The molecule has 3 fully saturated rings.